The monoisotopic (exact) mass is 288 g/mol. The van der Waals surface area contributed by atoms with Crippen LogP contribution >= 0.6 is 0 Å². The number of hydrogen-bond acceptors (Lipinski definition) is 5. The Balaban J connectivity index is 2.09. The van der Waals surface area contributed by atoms with E-state index >= 15 is 0 Å². The van der Waals surface area contributed by atoms with Gasteiger partial charge in [0.25, 0.3) is 0 Å². The molecule has 7 heteroatoms. The summed E-state index contributed by atoms with van der Waals surface area (Å²) in [7, 11) is 0. The van der Waals surface area contributed by atoms with Crippen molar-refractivity contribution in [3.63, 3.8) is 0 Å². The highest BCUT2D eigenvalue weighted by molar-refractivity contribution is 5.94. The number of amides is 1. The van der Waals surface area contributed by atoms with Crippen molar-refractivity contribution >= 4 is 11.6 Å². The zero-order chi connectivity index (χ0) is 15.4. The number of carbonyl (C=O) groups excluding carboxylic acids is 1. The third-order valence-corrected chi connectivity index (χ3v) is 3.12. The average molecular weight is 288 g/mol. The lowest BCUT2D eigenvalue weighted by Gasteiger charge is -2.15. The Kier molecular flexibility index (Phi) is 4.64. The first kappa shape index (κ1) is 15.1. The van der Waals surface area contributed by atoms with Crippen LogP contribution in [0, 0.1) is 12.8 Å². The molecule has 1 unspecified atom stereocenters. The number of aromatic nitrogens is 4. The Morgan fingerprint density at radius 2 is 2.19 bits per heavy atom. The highest BCUT2D eigenvalue weighted by Crippen LogP contribution is 2.18. The summed E-state index contributed by atoms with van der Waals surface area (Å²) in [5.41, 5.74) is 8.41. The molecular formula is C14H20N6O. The van der Waals surface area contributed by atoms with Gasteiger partial charge in [0.05, 0.1) is 11.7 Å². The van der Waals surface area contributed by atoms with Gasteiger partial charge in [-0.2, -0.15) is 0 Å². The Hall–Kier alpha value is -2.28. The van der Waals surface area contributed by atoms with E-state index in [0.717, 1.165) is 11.3 Å². The lowest BCUT2D eigenvalue weighted by atomic mass is 10.0. The minimum absolute atomic E-state index is 0.168. The molecule has 0 bridgehead atoms. The van der Waals surface area contributed by atoms with Crippen molar-refractivity contribution in [2.24, 2.45) is 11.7 Å². The molecule has 0 aliphatic carbocycles. The summed E-state index contributed by atoms with van der Waals surface area (Å²) in [5.74, 6) is 0.216. The number of carbonyl (C=O) groups is 1. The molecule has 0 spiro atoms. The fourth-order valence-electron chi connectivity index (χ4n) is 2.11. The van der Waals surface area contributed by atoms with E-state index in [1.54, 1.807) is 4.68 Å². The van der Waals surface area contributed by atoms with Crippen LogP contribution in [0.3, 0.4) is 0 Å². The van der Waals surface area contributed by atoms with Gasteiger partial charge in [0.1, 0.15) is 6.33 Å². The fourth-order valence-corrected chi connectivity index (χ4v) is 2.11. The molecule has 0 aliphatic rings. The zero-order valence-corrected chi connectivity index (χ0v) is 12.4. The van der Waals surface area contributed by atoms with Gasteiger partial charge in [-0.1, -0.05) is 13.8 Å². The first-order valence-corrected chi connectivity index (χ1v) is 6.88. The molecular weight excluding hydrogens is 268 g/mol. The van der Waals surface area contributed by atoms with Crippen molar-refractivity contribution in [2.45, 2.75) is 33.2 Å². The molecule has 0 radical (unpaired) electrons. The number of nitrogens with zero attached hydrogens (tertiary/aromatic N) is 4. The predicted octanol–water partition coefficient (Wildman–Crippen LogP) is 1.28. The van der Waals surface area contributed by atoms with E-state index in [0.29, 0.717) is 18.0 Å². The largest absolute Gasteiger partial charge is 0.325 e. The molecule has 0 saturated carbocycles. The third-order valence-electron chi connectivity index (χ3n) is 3.12. The number of aryl methyl sites for hydroxylation is 1. The maximum absolute atomic E-state index is 12.0. The van der Waals surface area contributed by atoms with Gasteiger partial charge in [-0.15, -0.1) is 5.10 Å². The Morgan fingerprint density at radius 3 is 2.76 bits per heavy atom. The molecule has 2 rings (SSSR count). The van der Waals surface area contributed by atoms with E-state index in [1.165, 1.54) is 6.33 Å². The lowest BCUT2D eigenvalue weighted by molar-refractivity contribution is -0.117. The zero-order valence-electron chi connectivity index (χ0n) is 12.4. The highest BCUT2D eigenvalue weighted by atomic mass is 16.2. The second-order valence-electron chi connectivity index (χ2n) is 5.48. The molecule has 0 saturated heterocycles. The number of nitrogens with one attached hydrogen (secondary N) is 1. The van der Waals surface area contributed by atoms with E-state index < -0.39 is 6.04 Å². The molecule has 3 N–H and O–H groups in total. The summed E-state index contributed by atoms with van der Waals surface area (Å²) in [5, 5.41) is 13.9. The summed E-state index contributed by atoms with van der Waals surface area (Å²) >= 11 is 0. The van der Waals surface area contributed by atoms with Crippen molar-refractivity contribution in [3.05, 3.63) is 30.1 Å². The van der Waals surface area contributed by atoms with Crippen LogP contribution < -0.4 is 11.1 Å². The average Bonchev–Trinajstić information content (AvgIpc) is 2.91. The predicted molar refractivity (Wildman–Crippen MR) is 80.0 cm³/mol. The molecule has 1 heterocycles. The number of rotatable bonds is 5. The van der Waals surface area contributed by atoms with Gasteiger partial charge in [0.15, 0.2) is 0 Å². The molecule has 2 aromatic rings. The van der Waals surface area contributed by atoms with Crippen molar-refractivity contribution in [3.8, 4) is 5.69 Å². The normalized spacial score (nSPS) is 12.4. The Labute approximate surface area is 123 Å². The Morgan fingerprint density at radius 1 is 1.43 bits per heavy atom. The second-order valence-corrected chi connectivity index (χ2v) is 5.48. The fraction of sp³-hybridized carbons (Fsp3) is 0.429. The van der Waals surface area contributed by atoms with Crippen LogP contribution in [0.25, 0.3) is 5.69 Å². The van der Waals surface area contributed by atoms with Crippen molar-refractivity contribution in [1.29, 1.82) is 0 Å². The van der Waals surface area contributed by atoms with Gasteiger partial charge in [0.2, 0.25) is 5.91 Å². The number of benzene rings is 1. The first-order chi connectivity index (χ1) is 9.97. The second kappa shape index (κ2) is 6.45. The first-order valence-electron chi connectivity index (χ1n) is 6.88. The van der Waals surface area contributed by atoms with Crippen molar-refractivity contribution < 1.29 is 4.79 Å². The van der Waals surface area contributed by atoms with E-state index in [4.69, 9.17) is 5.73 Å². The van der Waals surface area contributed by atoms with Gasteiger partial charge in [-0.05, 0) is 53.5 Å². The van der Waals surface area contributed by atoms with Crippen molar-refractivity contribution in [1.82, 2.24) is 20.2 Å². The van der Waals surface area contributed by atoms with Gasteiger partial charge in [-0.25, -0.2) is 4.68 Å². The van der Waals surface area contributed by atoms with E-state index in [1.807, 2.05) is 39.0 Å². The Bertz CT molecular complexity index is 608. The third kappa shape index (κ3) is 3.85. The maximum atomic E-state index is 12.0. The maximum Gasteiger partial charge on any atom is 0.241 e. The summed E-state index contributed by atoms with van der Waals surface area (Å²) in [6.07, 6.45) is 2.19. The standard InChI is InChI=1S/C14H20N6O/c1-9(2)6-12(15)14(21)17-11-4-5-13(10(3)7-11)20-8-16-18-19-20/h4-5,7-9,12H,6,15H2,1-3H3,(H,17,21). The van der Waals surface area contributed by atoms with Gasteiger partial charge in [-0.3, -0.25) is 4.79 Å². The van der Waals surface area contributed by atoms with Crippen LogP contribution in [0.1, 0.15) is 25.8 Å². The quantitative estimate of drug-likeness (QED) is 0.863. The highest BCUT2D eigenvalue weighted by Gasteiger charge is 2.15. The number of hydrogen-bond donors (Lipinski definition) is 2. The molecule has 0 fully saturated rings. The summed E-state index contributed by atoms with van der Waals surface area (Å²) in [6, 6.07) is 5.04. The van der Waals surface area contributed by atoms with Crippen LogP contribution in [0.15, 0.2) is 24.5 Å². The molecule has 1 atom stereocenters. The molecule has 112 valence electrons. The van der Waals surface area contributed by atoms with Crippen LogP contribution in [-0.2, 0) is 4.79 Å². The molecule has 1 aromatic carbocycles. The summed E-state index contributed by atoms with van der Waals surface area (Å²) in [4.78, 5) is 12.0. The summed E-state index contributed by atoms with van der Waals surface area (Å²) in [6.45, 7) is 6.01. The summed E-state index contributed by atoms with van der Waals surface area (Å²) < 4.78 is 1.57. The van der Waals surface area contributed by atoms with Crippen LogP contribution in [0.5, 0.6) is 0 Å². The van der Waals surface area contributed by atoms with E-state index in [-0.39, 0.29) is 5.91 Å². The minimum atomic E-state index is -0.496. The van der Waals surface area contributed by atoms with Crippen LogP contribution in [0.4, 0.5) is 5.69 Å². The number of anilines is 1. The van der Waals surface area contributed by atoms with Crippen molar-refractivity contribution in [2.75, 3.05) is 5.32 Å². The topological polar surface area (TPSA) is 98.7 Å². The molecule has 1 aromatic heterocycles. The van der Waals surface area contributed by atoms with Gasteiger partial charge in [0, 0.05) is 5.69 Å². The molecule has 0 aliphatic heterocycles. The SMILES string of the molecule is Cc1cc(NC(=O)C(N)CC(C)C)ccc1-n1cnnn1. The lowest BCUT2D eigenvalue weighted by Crippen LogP contribution is -2.36. The van der Waals surface area contributed by atoms with Crippen LogP contribution in [-0.4, -0.2) is 32.2 Å². The van der Waals surface area contributed by atoms with Crippen LogP contribution in [0.2, 0.25) is 0 Å². The van der Waals surface area contributed by atoms with Gasteiger partial charge >= 0.3 is 0 Å². The molecule has 7 nitrogen and oxygen atoms in total. The van der Waals surface area contributed by atoms with E-state index in [2.05, 4.69) is 20.8 Å². The van der Waals surface area contributed by atoms with Gasteiger partial charge < -0.3 is 11.1 Å². The smallest absolute Gasteiger partial charge is 0.241 e. The molecule has 1 amide bonds. The van der Waals surface area contributed by atoms with E-state index in [9.17, 15) is 4.79 Å². The molecule has 21 heavy (non-hydrogen) atoms. The number of tetrazole rings is 1. The number of nitrogens with two attached hydrogens (primary N) is 1. The minimum Gasteiger partial charge on any atom is -0.325 e.